The molecule has 5 nitrogen and oxygen atoms in total. The Morgan fingerprint density at radius 1 is 1.21 bits per heavy atom. The fraction of sp³-hybridized carbons (Fsp3) is 0.368. The first-order chi connectivity index (χ1) is 11.5. The number of rotatable bonds is 4. The molecule has 24 heavy (non-hydrogen) atoms. The van der Waals surface area contributed by atoms with Gasteiger partial charge in [-0.05, 0) is 44.9 Å². The molecule has 1 saturated heterocycles. The van der Waals surface area contributed by atoms with Crippen molar-refractivity contribution in [3.8, 4) is 11.3 Å². The van der Waals surface area contributed by atoms with Gasteiger partial charge in [-0.25, -0.2) is 0 Å². The zero-order valence-corrected chi connectivity index (χ0v) is 14.0. The molecule has 3 rings (SSSR count). The van der Waals surface area contributed by atoms with Gasteiger partial charge in [0.25, 0.3) is 5.91 Å². The minimum absolute atomic E-state index is 0.0225. The normalized spacial score (nSPS) is 20.4. The highest BCUT2D eigenvalue weighted by molar-refractivity contribution is 5.94. The van der Waals surface area contributed by atoms with E-state index in [0.717, 1.165) is 12.0 Å². The van der Waals surface area contributed by atoms with Gasteiger partial charge in [0.1, 0.15) is 5.76 Å². The van der Waals surface area contributed by atoms with E-state index in [0.29, 0.717) is 36.1 Å². The molecule has 2 unspecified atom stereocenters. The Morgan fingerprint density at radius 2 is 1.92 bits per heavy atom. The molecule has 1 aromatic carbocycles. The summed E-state index contributed by atoms with van der Waals surface area (Å²) in [5.74, 6) is 1.25. The van der Waals surface area contributed by atoms with E-state index in [1.54, 1.807) is 24.3 Å². The molecule has 0 radical (unpaired) electrons. The van der Waals surface area contributed by atoms with Gasteiger partial charge in [-0.15, -0.1) is 0 Å². The van der Waals surface area contributed by atoms with E-state index in [9.17, 15) is 9.59 Å². The second-order valence-corrected chi connectivity index (χ2v) is 6.44. The molecule has 5 heteroatoms. The predicted molar refractivity (Wildman–Crippen MR) is 91.8 cm³/mol. The van der Waals surface area contributed by atoms with Crippen molar-refractivity contribution < 1.29 is 14.0 Å². The third kappa shape index (κ3) is 3.12. The van der Waals surface area contributed by atoms with Crippen LogP contribution in [-0.4, -0.2) is 35.7 Å². The molecule has 1 aliphatic rings. The van der Waals surface area contributed by atoms with Crippen LogP contribution in [0.1, 0.15) is 41.2 Å². The average molecular weight is 326 g/mol. The minimum Gasteiger partial charge on any atom is -0.451 e. The minimum atomic E-state index is -0.0925. The Kier molecular flexibility index (Phi) is 4.53. The number of benzene rings is 1. The van der Waals surface area contributed by atoms with Gasteiger partial charge in [-0.3, -0.25) is 9.59 Å². The van der Waals surface area contributed by atoms with Crippen molar-refractivity contribution in [2.45, 2.75) is 26.3 Å². The van der Waals surface area contributed by atoms with Gasteiger partial charge in [0.05, 0.1) is 0 Å². The number of nitrogens with two attached hydrogens (primary N) is 1. The van der Waals surface area contributed by atoms with Crippen LogP contribution >= 0.6 is 0 Å². The molecule has 2 atom stereocenters. The molecule has 0 bridgehead atoms. The molecular weight excluding hydrogens is 304 g/mol. The fourth-order valence-corrected chi connectivity index (χ4v) is 3.21. The molecule has 126 valence electrons. The van der Waals surface area contributed by atoms with E-state index in [-0.39, 0.29) is 17.7 Å². The van der Waals surface area contributed by atoms with Gasteiger partial charge in [-0.2, -0.15) is 0 Å². The third-order valence-electron chi connectivity index (χ3n) is 4.65. The van der Waals surface area contributed by atoms with E-state index < -0.39 is 0 Å². The number of furan rings is 1. The van der Waals surface area contributed by atoms with Gasteiger partial charge in [0.15, 0.2) is 11.5 Å². The summed E-state index contributed by atoms with van der Waals surface area (Å²) >= 11 is 0. The predicted octanol–water partition coefficient (Wildman–Crippen LogP) is 2.96. The van der Waals surface area contributed by atoms with E-state index in [1.807, 2.05) is 24.0 Å². The molecule has 1 aliphatic heterocycles. The quantitative estimate of drug-likeness (QED) is 0.876. The monoisotopic (exact) mass is 326 g/mol. The average Bonchev–Trinajstić information content (AvgIpc) is 3.21. The van der Waals surface area contributed by atoms with Crippen LogP contribution in [0.4, 0.5) is 0 Å². The number of amides is 1. The van der Waals surface area contributed by atoms with Crippen molar-refractivity contribution in [3.63, 3.8) is 0 Å². The maximum atomic E-state index is 12.7. The maximum absolute atomic E-state index is 12.7. The van der Waals surface area contributed by atoms with Gasteiger partial charge in [0.2, 0.25) is 0 Å². The highest BCUT2D eigenvalue weighted by atomic mass is 16.4. The zero-order chi connectivity index (χ0) is 17.3. The van der Waals surface area contributed by atoms with E-state index >= 15 is 0 Å². The zero-order valence-electron chi connectivity index (χ0n) is 14.0. The lowest BCUT2D eigenvalue weighted by atomic mass is 10.1. The number of carbonyl (C=O) groups is 2. The molecule has 0 saturated carbocycles. The lowest BCUT2D eigenvalue weighted by molar-refractivity contribution is 0.0712. The van der Waals surface area contributed by atoms with Crippen LogP contribution in [0.5, 0.6) is 0 Å². The second-order valence-electron chi connectivity index (χ2n) is 6.44. The van der Waals surface area contributed by atoms with Gasteiger partial charge in [0, 0.05) is 23.7 Å². The molecule has 1 aromatic heterocycles. The summed E-state index contributed by atoms with van der Waals surface area (Å²) < 4.78 is 5.75. The summed E-state index contributed by atoms with van der Waals surface area (Å²) in [4.78, 5) is 25.8. The van der Waals surface area contributed by atoms with Crippen LogP contribution < -0.4 is 5.73 Å². The van der Waals surface area contributed by atoms with Crippen LogP contribution in [0.25, 0.3) is 11.3 Å². The molecule has 2 aromatic rings. The lowest BCUT2D eigenvalue weighted by Crippen LogP contribution is -2.34. The van der Waals surface area contributed by atoms with Crippen molar-refractivity contribution in [2.24, 2.45) is 11.7 Å². The topological polar surface area (TPSA) is 76.5 Å². The second kappa shape index (κ2) is 6.61. The van der Waals surface area contributed by atoms with Gasteiger partial charge >= 0.3 is 0 Å². The Balaban J connectivity index is 1.78. The number of likely N-dealkylation sites (tertiary alicyclic amines) is 1. The number of Topliss-reactive ketones (excluding diaryl/α,β-unsaturated/α-hetero) is 1. The standard InChI is InChI=1S/C19H22N2O3/c1-12-9-14(10-20)11-21(12)19(23)18-8-7-17(24-18)16-5-3-15(4-6-16)13(2)22/h3-8,12,14H,9-11,20H2,1-2H3. The Morgan fingerprint density at radius 3 is 2.50 bits per heavy atom. The van der Waals surface area contributed by atoms with Crippen LogP contribution in [-0.2, 0) is 0 Å². The molecule has 2 heterocycles. The summed E-state index contributed by atoms with van der Waals surface area (Å²) in [6.45, 7) is 4.85. The molecule has 2 N–H and O–H groups in total. The van der Waals surface area contributed by atoms with E-state index in [1.165, 1.54) is 6.92 Å². The molecule has 1 amide bonds. The first-order valence-electron chi connectivity index (χ1n) is 8.22. The number of nitrogens with zero attached hydrogens (tertiary/aromatic N) is 1. The Bertz CT molecular complexity index is 748. The largest absolute Gasteiger partial charge is 0.451 e. The van der Waals surface area contributed by atoms with Crippen LogP contribution in [0, 0.1) is 5.92 Å². The number of hydrogen-bond acceptors (Lipinski definition) is 4. The fourth-order valence-electron chi connectivity index (χ4n) is 3.21. The van der Waals surface area contributed by atoms with Gasteiger partial charge in [-0.1, -0.05) is 24.3 Å². The van der Waals surface area contributed by atoms with Crippen LogP contribution in [0.3, 0.4) is 0 Å². The molecular formula is C19H22N2O3. The van der Waals surface area contributed by atoms with Crippen molar-refractivity contribution in [1.29, 1.82) is 0 Å². The maximum Gasteiger partial charge on any atom is 0.289 e. The van der Waals surface area contributed by atoms with E-state index in [2.05, 4.69) is 0 Å². The van der Waals surface area contributed by atoms with Crippen molar-refractivity contribution in [1.82, 2.24) is 4.90 Å². The van der Waals surface area contributed by atoms with Crippen molar-refractivity contribution in [2.75, 3.05) is 13.1 Å². The summed E-state index contributed by atoms with van der Waals surface area (Å²) in [5, 5.41) is 0. The van der Waals surface area contributed by atoms with Gasteiger partial charge < -0.3 is 15.1 Å². The first-order valence-corrected chi connectivity index (χ1v) is 8.22. The first kappa shape index (κ1) is 16.5. The molecule has 1 fully saturated rings. The Labute approximate surface area is 141 Å². The van der Waals surface area contributed by atoms with E-state index in [4.69, 9.17) is 10.2 Å². The summed E-state index contributed by atoms with van der Waals surface area (Å²) in [6.07, 6.45) is 0.933. The number of carbonyl (C=O) groups excluding carboxylic acids is 2. The highest BCUT2D eigenvalue weighted by Gasteiger charge is 2.33. The Hall–Kier alpha value is -2.40. The smallest absolute Gasteiger partial charge is 0.289 e. The lowest BCUT2D eigenvalue weighted by Gasteiger charge is -2.20. The SMILES string of the molecule is CC(=O)c1ccc(-c2ccc(C(=O)N3CC(CN)CC3C)o2)cc1. The molecule has 0 aliphatic carbocycles. The summed E-state index contributed by atoms with van der Waals surface area (Å²) in [6, 6.07) is 10.8. The summed E-state index contributed by atoms with van der Waals surface area (Å²) in [7, 11) is 0. The third-order valence-corrected chi connectivity index (χ3v) is 4.65. The highest BCUT2D eigenvalue weighted by Crippen LogP contribution is 2.27. The van der Waals surface area contributed by atoms with Crippen molar-refractivity contribution in [3.05, 3.63) is 47.7 Å². The van der Waals surface area contributed by atoms with Crippen LogP contribution in [0.15, 0.2) is 40.8 Å². The molecule has 0 spiro atoms. The number of hydrogen-bond donors (Lipinski definition) is 1. The van der Waals surface area contributed by atoms with Crippen LogP contribution in [0.2, 0.25) is 0 Å². The summed E-state index contributed by atoms with van der Waals surface area (Å²) in [5.41, 5.74) is 7.22. The van der Waals surface area contributed by atoms with Crippen molar-refractivity contribution >= 4 is 11.7 Å². The number of ketones is 1.